The molecule has 0 bridgehead atoms. The molecule has 0 aromatic rings. The van der Waals surface area contributed by atoms with E-state index in [0.29, 0.717) is 6.42 Å². The van der Waals surface area contributed by atoms with E-state index in [9.17, 15) is 30.3 Å². The predicted octanol–water partition coefficient (Wildman–Crippen LogP) is 13.5. The van der Waals surface area contributed by atoms with Crippen LogP contribution in [0.3, 0.4) is 0 Å². The summed E-state index contributed by atoms with van der Waals surface area (Å²) in [5, 5.41) is 54.4. The standard InChI is InChI=1S/C58H105NO8/c1-3-5-7-9-11-13-15-17-19-21-23-25-26-28-29-31-33-35-37-39-41-43-45-47-52(61)51(50-66-58-57(65)56(64)55(63)53(49-60)67-58)59-54(62)48-46-44-42-40-38-36-34-32-30-27-24-22-20-18-16-14-12-10-8-6-4-2/h16,18,22,24,29,31,37,39,45,47,51-53,55-58,60-61,63-65H,3-15,17,19-21,23,25-28,30,32-36,38,40-44,46,48-50H2,1-2H3,(H,59,62)/b18-16-,24-22-,31-29+,39-37+,47-45+. The van der Waals surface area contributed by atoms with Gasteiger partial charge in [0.05, 0.1) is 25.4 Å². The molecule has 390 valence electrons. The first-order chi connectivity index (χ1) is 32.8. The number of aliphatic hydroxyl groups is 5. The summed E-state index contributed by atoms with van der Waals surface area (Å²) in [5.41, 5.74) is 0. The Morgan fingerprint density at radius 1 is 0.507 bits per heavy atom. The second-order valence-corrected chi connectivity index (χ2v) is 19.4. The number of aliphatic hydroxyl groups excluding tert-OH is 5. The first kappa shape index (κ1) is 62.9. The number of amides is 1. The van der Waals surface area contributed by atoms with Crippen molar-refractivity contribution >= 4 is 5.91 Å². The third-order valence-electron chi connectivity index (χ3n) is 13.0. The molecular weight excluding hydrogens is 839 g/mol. The van der Waals surface area contributed by atoms with Gasteiger partial charge in [-0.25, -0.2) is 0 Å². The summed E-state index contributed by atoms with van der Waals surface area (Å²) in [7, 11) is 0. The maximum Gasteiger partial charge on any atom is 0.220 e. The average Bonchev–Trinajstić information content (AvgIpc) is 3.33. The van der Waals surface area contributed by atoms with Crippen molar-refractivity contribution in [2.45, 2.75) is 288 Å². The van der Waals surface area contributed by atoms with E-state index in [1.165, 1.54) is 161 Å². The van der Waals surface area contributed by atoms with Gasteiger partial charge in [0.15, 0.2) is 6.29 Å². The summed E-state index contributed by atoms with van der Waals surface area (Å²) >= 11 is 0. The zero-order valence-electron chi connectivity index (χ0n) is 43.1. The van der Waals surface area contributed by atoms with Gasteiger partial charge >= 0.3 is 0 Å². The van der Waals surface area contributed by atoms with Gasteiger partial charge in [-0.2, -0.15) is 0 Å². The third kappa shape index (κ3) is 37.4. The summed E-state index contributed by atoms with van der Waals surface area (Å²) in [6.07, 6.45) is 57.1. The first-order valence-corrected chi connectivity index (χ1v) is 28.0. The summed E-state index contributed by atoms with van der Waals surface area (Å²) in [6, 6.07) is -0.833. The van der Waals surface area contributed by atoms with E-state index in [1.54, 1.807) is 6.08 Å². The Morgan fingerprint density at radius 3 is 1.34 bits per heavy atom. The molecule has 0 radical (unpaired) electrons. The van der Waals surface area contributed by atoms with Crippen LogP contribution in [0.1, 0.15) is 245 Å². The van der Waals surface area contributed by atoms with E-state index in [-0.39, 0.29) is 12.5 Å². The van der Waals surface area contributed by atoms with Crippen molar-refractivity contribution in [3.63, 3.8) is 0 Å². The summed E-state index contributed by atoms with van der Waals surface area (Å²) in [5.74, 6) is -0.195. The van der Waals surface area contributed by atoms with Gasteiger partial charge in [0, 0.05) is 6.42 Å². The molecule has 1 amide bonds. The molecule has 1 fully saturated rings. The molecule has 7 unspecified atom stereocenters. The van der Waals surface area contributed by atoms with Gasteiger partial charge in [-0.05, 0) is 77.0 Å². The second kappa shape index (κ2) is 47.6. The highest BCUT2D eigenvalue weighted by Crippen LogP contribution is 2.23. The number of allylic oxidation sites excluding steroid dienone is 9. The van der Waals surface area contributed by atoms with Crippen LogP contribution in [0.4, 0.5) is 0 Å². The minimum Gasteiger partial charge on any atom is -0.394 e. The van der Waals surface area contributed by atoms with E-state index < -0.39 is 49.5 Å². The van der Waals surface area contributed by atoms with E-state index in [0.717, 1.165) is 64.2 Å². The molecule has 1 saturated heterocycles. The summed E-state index contributed by atoms with van der Waals surface area (Å²) < 4.78 is 11.2. The lowest BCUT2D eigenvalue weighted by atomic mass is 9.99. The fraction of sp³-hybridized carbons (Fsp3) is 0.810. The smallest absolute Gasteiger partial charge is 0.220 e. The number of hydrogen-bond acceptors (Lipinski definition) is 8. The molecule has 1 rings (SSSR count). The van der Waals surface area contributed by atoms with Gasteiger partial charge in [0.1, 0.15) is 24.4 Å². The SMILES string of the molecule is CCCCCCC/C=C\C/C=C\CCCCCCCCCCCC(=O)NC(COC1OC(CO)C(O)C(O)C1O)C(O)/C=C/CC/C=C/CC/C=C/CCCCCCCCCCCCCCC. The molecule has 1 aliphatic heterocycles. The fourth-order valence-electron chi connectivity index (χ4n) is 8.57. The summed E-state index contributed by atoms with van der Waals surface area (Å²) in [4.78, 5) is 13.0. The molecular formula is C58H105NO8. The number of rotatable bonds is 47. The molecule has 1 heterocycles. The highest BCUT2D eigenvalue weighted by atomic mass is 16.7. The van der Waals surface area contributed by atoms with Gasteiger partial charge in [0.2, 0.25) is 5.91 Å². The van der Waals surface area contributed by atoms with Gasteiger partial charge < -0.3 is 40.3 Å². The number of carbonyl (C=O) groups excluding carboxylic acids is 1. The van der Waals surface area contributed by atoms with Crippen LogP contribution in [0.25, 0.3) is 0 Å². The molecule has 6 N–H and O–H groups in total. The molecule has 0 spiro atoms. The van der Waals surface area contributed by atoms with Crippen molar-refractivity contribution in [3.8, 4) is 0 Å². The lowest BCUT2D eigenvalue weighted by Gasteiger charge is -2.40. The van der Waals surface area contributed by atoms with Crippen LogP contribution >= 0.6 is 0 Å². The maximum absolute atomic E-state index is 13.0. The lowest BCUT2D eigenvalue weighted by molar-refractivity contribution is -0.302. The monoisotopic (exact) mass is 944 g/mol. The van der Waals surface area contributed by atoms with Crippen LogP contribution in [0, 0.1) is 0 Å². The third-order valence-corrected chi connectivity index (χ3v) is 13.0. The van der Waals surface area contributed by atoms with Crippen LogP contribution in [0.2, 0.25) is 0 Å². The van der Waals surface area contributed by atoms with Gasteiger partial charge in [-0.15, -0.1) is 0 Å². The molecule has 7 atom stereocenters. The molecule has 9 heteroatoms. The second-order valence-electron chi connectivity index (χ2n) is 19.4. The maximum atomic E-state index is 13.0. The van der Waals surface area contributed by atoms with Crippen molar-refractivity contribution < 1.29 is 39.8 Å². The van der Waals surface area contributed by atoms with Crippen LogP contribution in [0.5, 0.6) is 0 Å². The Hall–Kier alpha value is -2.11. The summed E-state index contributed by atoms with van der Waals surface area (Å²) in [6.45, 7) is 3.76. The quantitative estimate of drug-likeness (QED) is 0.0261. The molecule has 67 heavy (non-hydrogen) atoms. The predicted molar refractivity (Wildman–Crippen MR) is 281 cm³/mol. The number of hydrogen-bond donors (Lipinski definition) is 6. The number of unbranched alkanes of at least 4 members (excludes halogenated alkanes) is 29. The zero-order chi connectivity index (χ0) is 48.7. The molecule has 9 nitrogen and oxygen atoms in total. The normalized spacial score (nSPS) is 20.1. The molecule has 1 aliphatic rings. The molecule has 0 aliphatic carbocycles. The highest BCUT2D eigenvalue weighted by Gasteiger charge is 2.44. The Morgan fingerprint density at radius 2 is 0.896 bits per heavy atom. The van der Waals surface area contributed by atoms with Crippen LogP contribution in [-0.2, 0) is 14.3 Å². The van der Waals surface area contributed by atoms with Crippen molar-refractivity contribution in [3.05, 3.63) is 60.8 Å². The number of carbonyl (C=O) groups is 1. The Bertz CT molecular complexity index is 1230. The van der Waals surface area contributed by atoms with Crippen molar-refractivity contribution in [2.75, 3.05) is 13.2 Å². The number of nitrogens with one attached hydrogen (secondary N) is 1. The van der Waals surface area contributed by atoms with E-state index >= 15 is 0 Å². The average molecular weight is 944 g/mol. The Balaban J connectivity index is 2.30. The largest absolute Gasteiger partial charge is 0.394 e. The van der Waals surface area contributed by atoms with Gasteiger partial charge in [-0.3, -0.25) is 4.79 Å². The topological polar surface area (TPSA) is 149 Å². The first-order valence-electron chi connectivity index (χ1n) is 28.0. The lowest BCUT2D eigenvalue weighted by Crippen LogP contribution is -2.60. The fourth-order valence-corrected chi connectivity index (χ4v) is 8.57. The van der Waals surface area contributed by atoms with Gasteiger partial charge in [0.25, 0.3) is 0 Å². The van der Waals surface area contributed by atoms with Crippen LogP contribution < -0.4 is 5.32 Å². The Labute approximate surface area is 411 Å². The molecule has 0 aromatic carbocycles. The van der Waals surface area contributed by atoms with E-state index in [1.807, 2.05) is 6.08 Å². The van der Waals surface area contributed by atoms with E-state index in [4.69, 9.17) is 9.47 Å². The van der Waals surface area contributed by atoms with Crippen molar-refractivity contribution in [1.82, 2.24) is 5.32 Å². The van der Waals surface area contributed by atoms with Crippen molar-refractivity contribution in [1.29, 1.82) is 0 Å². The van der Waals surface area contributed by atoms with Crippen LogP contribution in [0.15, 0.2) is 60.8 Å². The highest BCUT2D eigenvalue weighted by molar-refractivity contribution is 5.76. The van der Waals surface area contributed by atoms with Crippen LogP contribution in [-0.4, -0.2) is 87.5 Å². The molecule has 0 saturated carbocycles. The molecule has 0 aromatic heterocycles. The zero-order valence-corrected chi connectivity index (χ0v) is 43.1. The Kier molecular flexibility index (Phi) is 44.7. The number of ether oxygens (including phenoxy) is 2. The van der Waals surface area contributed by atoms with E-state index in [2.05, 4.69) is 67.8 Å². The van der Waals surface area contributed by atoms with Gasteiger partial charge in [-0.1, -0.05) is 222 Å². The minimum absolute atomic E-state index is 0.195. The minimum atomic E-state index is -1.58. The van der Waals surface area contributed by atoms with Crippen molar-refractivity contribution in [2.24, 2.45) is 0 Å².